The molecule has 0 amide bonds. The average molecular weight is 300 g/mol. The van der Waals surface area contributed by atoms with Crippen LogP contribution in [0.3, 0.4) is 0 Å². The predicted molar refractivity (Wildman–Crippen MR) is 82.3 cm³/mol. The van der Waals surface area contributed by atoms with Crippen LogP contribution in [0, 0.1) is 0 Å². The molecule has 1 aromatic carbocycles. The smallest absolute Gasteiger partial charge is 0.218 e. The van der Waals surface area contributed by atoms with Crippen molar-refractivity contribution in [2.45, 2.75) is 32.1 Å². The molecule has 0 fully saturated rings. The molecular formula is C13H20N2O2S2. The molecule has 106 valence electrons. The molecular weight excluding hydrogens is 280 g/mol. The van der Waals surface area contributed by atoms with Crippen LogP contribution < -0.4 is 5.73 Å². The molecule has 0 saturated carbocycles. The molecule has 4 nitrogen and oxygen atoms in total. The highest BCUT2D eigenvalue weighted by molar-refractivity contribution is 7.88. The Balaban J connectivity index is 2.84. The van der Waals surface area contributed by atoms with Crippen LogP contribution in [-0.2, 0) is 15.8 Å². The van der Waals surface area contributed by atoms with Crippen LogP contribution in [0.25, 0.3) is 0 Å². The van der Waals surface area contributed by atoms with Gasteiger partial charge in [0.2, 0.25) is 10.0 Å². The lowest BCUT2D eigenvalue weighted by atomic mass is 10.2. The molecule has 19 heavy (non-hydrogen) atoms. The minimum atomic E-state index is -3.35. The van der Waals surface area contributed by atoms with E-state index in [2.05, 4.69) is 0 Å². The first-order valence-electron chi connectivity index (χ1n) is 6.14. The lowest BCUT2D eigenvalue weighted by Gasteiger charge is -2.25. The van der Waals surface area contributed by atoms with E-state index in [-0.39, 0.29) is 11.8 Å². The maximum atomic E-state index is 12.4. The van der Waals surface area contributed by atoms with Crippen molar-refractivity contribution >= 4 is 27.2 Å². The molecule has 0 aromatic heterocycles. The molecule has 0 aliphatic carbocycles. The fraction of sp³-hybridized carbons (Fsp3) is 0.462. The normalized spacial score (nSPS) is 12.0. The number of benzene rings is 1. The van der Waals surface area contributed by atoms with Gasteiger partial charge in [-0.1, -0.05) is 42.5 Å². The molecule has 0 unspecified atom stereocenters. The van der Waals surface area contributed by atoms with E-state index in [9.17, 15) is 8.42 Å². The van der Waals surface area contributed by atoms with Gasteiger partial charge in [0.05, 0.1) is 10.7 Å². The Morgan fingerprint density at radius 2 is 1.89 bits per heavy atom. The molecule has 0 saturated heterocycles. The van der Waals surface area contributed by atoms with Crippen molar-refractivity contribution in [3.8, 4) is 0 Å². The molecule has 0 spiro atoms. The fourth-order valence-corrected chi connectivity index (χ4v) is 3.69. The van der Waals surface area contributed by atoms with Crippen LogP contribution in [0.4, 0.5) is 0 Å². The minimum absolute atomic E-state index is 0.00333. The van der Waals surface area contributed by atoms with Gasteiger partial charge in [0.1, 0.15) is 0 Å². The summed E-state index contributed by atoms with van der Waals surface area (Å²) in [6.45, 7) is 4.03. The first kappa shape index (κ1) is 16.1. The van der Waals surface area contributed by atoms with Crippen LogP contribution in [0.1, 0.15) is 25.8 Å². The average Bonchev–Trinajstić information content (AvgIpc) is 2.28. The van der Waals surface area contributed by atoms with E-state index >= 15 is 0 Å². The van der Waals surface area contributed by atoms with Gasteiger partial charge in [-0.05, 0) is 19.4 Å². The summed E-state index contributed by atoms with van der Waals surface area (Å²) < 4.78 is 26.2. The monoisotopic (exact) mass is 300 g/mol. The number of hydrogen-bond donors (Lipinski definition) is 1. The van der Waals surface area contributed by atoms with Crippen molar-refractivity contribution in [1.29, 1.82) is 0 Å². The highest BCUT2D eigenvalue weighted by atomic mass is 32.2. The van der Waals surface area contributed by atoms with Gasteiger partial charge in [-0.2, -0.15) is 4.31 Å². The molecule has 0 bridgehead atoms. The maximum absolute atomic E-state index is 12.4. The van der Waals surface area contributed by atoms with Crippen molar-refractivity contribution < 1.29 is 8.42 Å². The van der Waals surface area contributed by atoms with E-state index in [1.54, 1.807) is 0 Å². The number of nitrogens with two attached hydrogens (primary N) is 1. The molecule has 1 rings (SSSR count). The van der Waals surface area contributed by atoms with Crippen LogP contribution in [-0.4, -0.2) is 30.3 Å². The molecule has 0 radical (unpaired) electrons. The van der Waals surface area contributed by atoms with E-state index in [1.165, 1.54) is 4.31 Å². The van der Waals surface area contributed by atoms with Gasteiger partial charge in [0, 0.05) is 19.0 Å². The summed E-state index contributed by atoms with van der Waals surface area (Å²) in [4.78, 5) is 0.334. The van der Waals surface area contributed by atoms with Crippen LogP contribution in [0.15, 0.2) is 30.3 Å². The van der Waals surface area contributed by atoms with Crippen molar-refractivity contribution in [3.05, 3.63) is 35.9 Å². The van der Waals surface area contributed by atoms with Gasteiger partial charge < -0.3 is 5.73 Å². The minimum Gasteiger partial charge on any atom is -0.393 e. The third-order valence-corrected chi connectivity index (χ3v) is 4.92. The zero-order chi connectivity index (χ0) is 14.5. The Bertz CT molecular complexity index is 513. The van der Waals surface area contributed by atoms with Gasteiger partial charge in [0.15, 0.2) is 0 Å². The van der Waals surface area contributed by atoms with E-state index < -0.39 is 10.0 Å². The molecule has 0 aliphatic heterocycles. The van der Waals surface area contributed by atoms with Gasteiger partial charge in [-0.3, -0.25) is 0 Å². The molecule has 6 heteroatoms. The quantitative estimate of drug-likeness (QED) is 0.781. The summed E-state index contributed by atoms with van der Waals surface area (Å²) in [5, 5.41) is 0. The molecule has 0 heterocycles. The van der Waals surface area contributed by atoms with E-state index in [0.29, 0.717) is 18.0 Å². The molecule has 0 aliphatic rings. The largest absolute Gasteiger partial charge is 0.393 e. The predicted octanol–water partition coefficient (Wildman–Crippen LogP) is 1.90. The topological polar surface area (TPSA) is 63.4 Å². The number of sulfonamides is 1. The van der Waals surface area contributed by atoms with Crippen molar-refractivity contribution in [3.63, 3.8) is 0 Å². The van der Waals surface area contributed by atoms with Gasteiger partial charge in [-0.25, -0.2) is 8.42 Å². The first-order chi connectivity index (χ1) is 8.83. The Morgan fingerprint density at radius 1 is 1.32 bits per heavy atom. The lowest BCUT2D eigenvalue weighted by molar-refractivity contribution is 0.362. The number of thiocarbonyl (C=S) groups is 1. The van der Waals surface area contributed by atoms with Crippen molar-refractivity contribution in [2.75, 3.05) is 6.54 Å². The van der Waals surface area contributed by atoms with Crippen LogP contribution >= 0.6 is 12.2 Å². The second-order valence-corrected chi connectivity index (χ2v) is 7.11. The van der Waals surface area contributed by atoms with E-state index in [4.69, 9.17) is 18.0 Å². The summed E-state index contributed by atoms with van der Waals surface area (Å²) in [6.07, 6.45) is 0.404. The van der Waals surface area contributed by atoms with Gasteiger partial charge >= 0.3 is 0 Å². The highest BCUT2D eigenvalue weighted by Crippen LogP contribution is 2.14. The molecule has 2 N–H and O–H groups in total. The first-order valence-corrected chi connectivity index (χ1v) is 8.16. The number of nitrogens with zero attached hydrogens (tertiary/aromatic N) is 1. The van der Waals surface area contributed by atoms with Crippen molar-refractivity contribution in [2.24, 2.45) is 5.73 Å². The third-order valence-electron chi connectivity index (χ3n) is 2.70. The standard InChI is InChI=1S/C13H20N2O2S2/c1-11(2)15(9-8-13(14)18)19(16,17)10-12-6-4-3-5-7-12/h3-7,11H,8-10H2,1-2H3,(H2,14,18). The third kappa shape index (κ3) is 5.26. The number of rotatable bonds is 7. The van der Waals surface area contributed by atoms with Crippen LogP contribution in [0.5, 0.6) is 0 Å². The summed E-state index contributed by atoms with van der Waals surface area (Å²) >= 11 is 4.81. The summed E-state index contributed by atoms with van der Waals surface area (Å²) in [6, 6.07) is 9.04. The van der Waals surface area contributed by atoms with E-state index in [0.717, 1.165) is 5.56 Å². The zero-order valence-electron chi connectivity index (χ0n) is 11.2. The Hall–Kier alpha value is -0.980. The SMILES string of the molecule is CC(C)N(CCC(N)=S)S(=O)(=O)Cc1ccccc1. The Kier molecular flexibility index (Phi) is 5.90. The fourth-order valence-electron chi connectivity index (χ4n) is 1.81. The second kappa shape index (κ2) is 6.98. The van der Waals surface area contributed by atoms with Crippen LogP contribution in [0.2, 0.25) is 0 Å². The summed E-state index contributed by atoms with van der Waals surface area (Å²) in [7, 11) is -3.35. The second-order valence-electron chi connectivity index (χ2n) is 4.66. The Labute approximate surface area is 120 Å². The molecule has 1 aromatic rings. The van der Waals surface area contributed by atoms with Crippen molar-refractivity contribution in [1.82, 2.24) is 4.31 Å². The number of hydrogen-bond acceptors (Lipinski definition) is 3. The summed E-state index contributed by atoms with van der Waals surface area (Å²) in [5.41, 5.74) is 6.23. The van der Waals surface area contributed by atoms with E-state index in [1.807, 2.05) is 44.2 Å². The Morgan fingerprint density at radius 3 is 2.37 bits per heavy atom. The molecule has 0 atom stereocenters. The lowest BCUT2D eigenvalue weighted by Crippen LogP contribution is -2.39. The van der Waals surface area contributed by atoms with Gasteiger partial charge in [0.25, 0.3) is 0 Å². The maximum Gasteiger partial charge on any atom is 0.218 e. The van der Waals surface area contributed by atoms with Gasteiger partial charge in [-0.15, -0.1) is 0 Å². The summed E-state index contributed by atoms with van der Waals surface area (Å²) in [5.74, 6) is 0.00333. The zero-order valence-corrected chi connectivity index (χ0v) is 12.9. The highest BCUT2D eigenvalue weighted by Gasteiger charge is 2.24.